The standard InChI is InChI=1S/C28H30ClFN2O3S/c1-3-19(2)16-31(28(34)20-5-4-6-21(29)15-20)17-27(33)32-13-11-26-24(12-14-36-26)25(32)18-35-23-9-7-22(30)8-10-23/h4-10,12,14-15,19,25H,3,11,13,16-18H2,1-2H3/t19-,25-/m1/s1. The summed E-state index contributed by atoms with van der Waals surface area (Å²) in [4.78, 5) is 31.7. The number of carbonyl (C=O) groups is 2. The predicted molar refractivity (Wildman–Crippen MR) is 141 cm³/mol. The minimum absolute atomic E-state index is 0.0256. The van der Waals surface area contributed by atoms with Gasteiger partial charge in [-0.1, -0.05) is 37.9 Å². The smallest absolute Gasteiger partial charge is 0.254 e. The second kappa shape index (κ2) is 11.9. The van der Waals surface area contributed by atoms with E-state index in [0.29, 0.717) is 29.4 Å². The SMILES string of the molecule is CC[C@@H](C)CN(CC(=O)N1CCc2sccc2[C@H]1COc1ccc(F)cc1)C(=O)c1cccc(Cl)c1. The zero-order valence-electron chi connectivity index (χ0n) is 20.5. The number of amides is 2. The quantitative estimate of drug-likeness (QED) is 0.330. The molecule has 2 aromatic carbocycles. The number of benzene rings is 2. The second-order valence-electron chi connectivity index (χ2n) is 9.13. The van der Waals surface area contributed by atoms with Gasteiger partial charge in [-0.25, -0.2) is 4.39 Å². The van der Waals surface area contributed by atoms with E-state index in [1.54, 1.807) is 52.6 Å². The van der Waals surface area contributed by atoms with Crippen LogP contribution in [0.4, 0.5) is 4.39 Å². The third kappa shape index (κ3) is 6.26. The zero-order valence-corrected chi connectivity index (χ0v) is 22.0. The number of ether oxygens (including phenoxy) is 1. The molecule has 0 saturated carbocycles. The largest absolute Gasteiger partial charge is 0.491 e. The van der Waals surface area contributed by atoms with Gasteiger partial charge in [-0.05, 0) is 71.8 Å². The summed E-state index contributed by atoms with van der Waals surface area (Å²) in [7, 11) is 0. The van der Waals surface area contributed by atoms with Crippen LogP contribution in [0.3, 0.4) is 0 Å². The van der Waals surface area contributed by atoms with Crippen LogP contribution in [0.5, 0.6) is 5.75 Å². The average molecular weight is 529 g/mol. The highest BCUT2D eigenvalue weighted by molar-refractivity contribution is 7.10. The first-order chi connectivity index (χ1) is 17.4. The molecule has 0 radical (unpaired) electrons. The maximum atomic E-state index is 13.7. The van der Waals surface area contributed by atoms with Gasteiger partial charge in [0.15, 0.2) is 0 Å². The summed E-state index contributed by atoms with van der Waals surface area (Å²) in [5.41, 5.74) is 1.53. The molecule has 0 spiro atoms. The van der Waals surface area contributed by atoms with E-state index >= 15 is 0 Å². The van der Waals surface area contributed by atoms with Gasteiger partial charge in [0.1, 0.15) is 24.7 Å². The minimum Gasteiger partial charge on any atom is -0.491 e. The van der Waals surface area contributed by atoms with E-state index in [1.165, 1.54) is 17.0 Å². The Balaban J connectivity index is 1.54. The molecule has 3 aromatic rings. The van der Waals surface area contributed by atoms with Crippen molar-refractivity contribution in [2.75, 3.05) is 26.2 Å². The van der Waals surface area contributed by atoms with Gasteiger partial charge in [0.2, 0.25) is 5.91 Å². The first-order valence-electron chi connectivity index (χ1n) is 12.1. The van der Waals surface area contributed by atoms with Crippen molar-refractivity contribution < 1.29 is 18.7 Å². The summed E-state index contributed by atoms with van der Waals surface area (Å²) < 4.78 is 19.3. The highest BCUT2D eigenvalue weighted by atomic mass is 35.5. The van der Waals surface area contributed by atoms with Crippen LogP contribution in [0.25, 0.3) is 0 Å². The number of carbonyl (C=O) groups excluding carboxylic acids is 2. The lowest BCUT2D eigenvalue weighted by molar-refractivity contribution is -0.135. The van der Waals surface area contributed by atoms with Gasteiger partial charge in [-0.15, -0.1) is 11.3 Å². The molecule has 2 heterocycles. The van der Waals surface area contributed by atoms with Gasteiger partial charge in [0.05, 0.1) is 6.04 Å². The summed E-state index contributed by atoms with van der Waals surface area (Å²) >= 11 is 7.80. The number of halogens is 2. The van der Waals surface area contributed by atoms with E-state index in [0.717, 1.165) is 18.4 Å². The fraction of sp³-hybridized carbons (Fsp3) is 0.357. The normalized spacial score (nSPS) is 15.8. The summed E-state index contributed by atoms with van der Waals surface area (Å²) in [6.07, 6.45) is 1.66. The molecule has 2 atom stereocenters. The molecule has 36 heavy (non-hydrogen) atoms. The van der Waals surface area contributed by atoms with Gasteiger partial charge >= 0.3 is 0 Å². The molecule has 8 heteroatoms. The molecule has 1 aliphatic heterocycles. The Bertz CT molecular complexity index is 1200. The van der Waals surface area contributed by atoms with E-state index < -0.39 is 0 Å². The lowest BCUT2D eigenvalue weighted by Crippen LogP contribution is -2.48. The Labute approximate surface area is 220 Å². The van der Waals surface area contributed by atoms with Gasteiger partial charge < -0.3 is 14.5 Å². The number of hydrogen-bond donors (Lipinski definition) is 0. The molecule has 0 fully saturated rings. The van der Waals surface area contributed by atoms with Crippen LogP contribution in [0.1, 0.15) is 47.1 Å². The van der Waals surface area contributed by atoms with E-state index in [9.17, 15) is 14.0 Å². The number of fused-ring (bicyclic) bond motifs is 1. The third-order valence-corrected chi connectivity index (χ3v) is 7.78. The topological polar surface area (TPSA) is 49.9 Å². The number of thiophene rings is 1. The van der Waals surface area contributed by atoms with Crippen LogP contribution in [0.2, 0.25) is 5.02 Å². The molecule has 2 amide bonds. The van der Waals surface area contributed by atoms with Crippen LogP contribution in [-0.2, 0) is 11.2 Å². The molecular formula is C28H30ClFN2O3S. The summed E-state index contributed by atoms with van der Waals surface area (Å²) in [6.45, 7) is 5.38. The maximum absolute atomic E-state index is 13.7. The molecule has 0 aliphatic carbocycles. The van der Waals surface area contributed by atoms with Crippen molar-refractivity contribution >= 4 is 34.8 Å². The molecule has 1 aromatic heterocycles. The molecule has 0 unspecified atom stereocenters. The number of hydrogen-bond acceptors (Lipinski definition) is 4. The van der Waals surface area contributed by atoms with Crippen LogP contribution < -0.4 is 4.74 Å². The van der Waals surface area contributed by atoms with E-state index in [4.69, 9.17) is 16.3 Å². The Morgan fingerprint density at radius 1 is 1.22 bits per heavy atom. The fourth-order valence-corrected chi connectivity index (χ4v) is 5.48. The molecular weight excluding hydrogens is 499 g/mol. The van der Waals surface area contributed by atoms with Crippen molar-refractivity contribution in [3.8, 4) is 5.75 Å². The predicted octanol–water partition coefficient (Wildman–Crippen LogP) is 6.23. The Hall–Kier alpha value is -2.90. The second-order valence-corrected chi connectivity index (χ2v) is 10.6. The molecule has 0 bridgehead atoms. The molecule has 0 saturated heterocycles. The Morgan fingerprint density at radius 3 is 2.72 bits per heavy atom. The average Bonchev–Trinajstić information content (AvgIpc) is 3.36. The zero-order chi connectivity index (χ0) is 25.7. The highest BCUT2D eigenvalue weighted by Crippen LogP contribution is 2.34. The lowest BCUT2D eigenvalue weighted by atomic mass is 10.00. The third-order valence-electron chi connectivity index (χ3n) is 6.55. The van der Waals surface area contributed by atoms with Gasteiger partial charge in [-0.3, -0.25) is 9.59 Å². The van der Waals surface area contributed by atoms with Crippen molar-refractivity contribution in [1.29, 1.82) is 0 Å². The Morgan fingerprint density at radius 2 is 2.00 bits per heavy atom. The molecule has 5 nitrogen and oxygen atoms in total. The number of rotatable bonds is 9. The molecule has 0 N–H and O–H groups in total. The van der Waals surface area contributed by atoms with Crippen molar-refractivity contribution in [1.82, 2.24) is 9.80 Å². The summed E-state index contributed by atoms with van der Waals surface area (Å²) in [5.74, 6) is 0.114. The van der Waals surface area contributed by atoms with Crippen LogP contribution in [-0.4, -0.2) is 47.9 Å². The van der Waals surface area contributed by atoms with E-state index in [1.807, 2.05) is 16.3 Å². The van der Waals surface area contributed by atoms with Gasteiger partial charge in [0.25, 0.3) is 5.91 Å². The molecule has 190 valence electrons. The molecule has 1 aliphatic rings. The first kappa shape index (κ1) is 26.2. The van der Waals surface area contributed by atoms with Crippen LogP contribution in [0, 0.1) is 11.7 Å². The number of nitrogens with zero attached hydrogens (tertiary/aromatic N) is 2. The van der Waals surface area contributed by atoms with Crippen molar-refractivity contribution in [3.63, 3.8) is 0 Å². The van der Waals surface area contributed by atoms with Crippen molar-refractivity contribution in [3.05, 3.63) is 86.8 Å². The monoisotopic (exact) mass is 528 g/mol. The molecule has 4 rings (SSSR count). The van der Waals surface area contributed by atoms with E-state index in [2.05, 4.69) is 13.8 Å². The van der Waals surface area contributed by atoms with Gasteiger partial charge in [-0.2, -0.15) is 0 Å². The van der Waals surface area contributed by atoms with Crippen LogP contribution in [0.15, 0.2) is 60.0 Å². The van der Waals surface area contributed by atoms with Crippen molar-refractivity contribution in [2.24, 2.45) is 5.92 Å². The summed E-state index contributed by atoms with van der Waals surface area (Å²) in [6, 6.07) is 14.4. The van der Waals surface area contributed by atoms with E-state index in [-0.39, 0.29) is 42.7 Å². The van der Waals surface area contributed by atoms with Crippen LogP contribution >= 0.6 is 22.9 Å². The van der Waals surface area contributed by atoms with Crippen molar-refractivity contribution in [2.45, 2.75) is 32.7 Å². The van der Waals surface area contributed by atoms with Gasteiger partial charge in [0, 0.05) is 28.6 Å². The highest BCUT2D eigenvalue weighted by Gasteiger charge is 2.34. The minimum atomic E-state index is -0.331. The Kier molecular flexibility index (Phi) is 8.64. The fourth-order valence-electron chi connectivity index (χ4n) is 4.36. The lowest BCUT2D eigenvalue weighted by Gasteiger charge is -2.37. The first-order valence-corrected chi connectivity index (χ1v) is 13.4. The maximum Gasteiger partial charge on any atom is 0.254 e. The summed E-state index contributed by atoms with van der Waals surface area (Å²) in [5, 5.41) is 2.51.